The number of nitrogens with zero attached hydrogens (tertiary/aromatic N) is 2. The van der Waals surface area contributed by atoms with Crippen molar-refractivity contribution in [1.29, 1.82) is 0 Å². The second-order valence-corrected chi connectivity index (χ2v) is 6.35. The zero-order valence-corrected chi connectivity index (χ0v) is 14.4. The normalized spacial score (nSPS) is 10.7. The van der Waals surface area contributed by atoms with Crippen LogP contribution in [0.3, 0.4) is 0 Å². The Balaban J connectivity index is 2.32. The maximum atomic E-state index is 4.46. The van der Waals surface area contributed by atoms with Crippen LogP contribution in [0.5, 0.6) is 0 Å². The van der Waals surface area contributed by atoms with Crippen LogP contribution in [0.4, 0.5) is 5.82 Å². The summed E-state index contributed by atoms with van der Waals surface area (Å²) in [5.74, 6) is 0.992. The summed E-state index contributed by atoms with van der Waals surface area (Å²) < 4.78 is 1.01. The Labute approximate surface area is 130 Å². The van der Waals surface area contributed by atoms with Crippen molar-refractivity contribution in [3.63, 3.8) is 0 Å². The lowest BCUT2D eigenvalue weighted by Crippen LogP contribution is -2.19. The fourth-order valence-corrected chi connectivity index (χ4v) is 2.68. The molecule has 1 aromatic heterocycles. The molecule has 3 heteroatoms. The van der Waals surface area contributed by atoms with E-state index in [-0.39, 0.29) is 0 Å². The average Bonchev–Trinajstić information content (AvgIpc) is 2.42. The minimum atomic E-state index is 0.884. The highest BCUT2D eigenvalue weighted by Gasteiger charge is 2.11. The monoisotopic (exact) mass is 332 g/mol. The molecule has 0 atom stereocenters. The number of pyridine rings is 1. The molecule has 20 heavy (non-hydrogen) atoms. The van der Waals surface area contributed by atoms with Crippen molar-refractivity contribution in [3.8, 4) is 0 Å². The molecule has 106 valence electrons. The fraction of sp³-hybridized carbons (Fsp3) is 0.353. The number of halogens is 1. The van der Waals surface area contributed by atoms with E-state index < -0.39 is 0 Å². The van der Waals surface area contributed by atoms with Gasteiger partial charge in [0.2, 0.25) is 0 Å². The average molecular weight is 333 g/mol. The molecular formula is C17H21BrN2. The zero-order chi connectivity index (χ0) is 14.9. The quantitative estimate of drug-likeness (QED) is 0.808. The molecule has 0 aliphatic heterocycles. The first-order valence-electron chi connectivity index (χ1n) is 6.79. The number of hydrogen-bond acceptors (Lipinski definition) is 2. The van der Waals surface area contributed by atoms with Crippen molar-refractivity contribution in [3.05, 3.63) is 56.7 Å². The third-order valence-corrected chi connectivity index (χ3v) is 4.49. The Hall–Kier alpha value is -1.35. The minimum Gasteiger partial charge on any atom is -0.355 e. The number of aromatic nitrogens is 1. The van der Waals surface area contributed by atoms with Crippen molar-refractivity contribution in [2.75, 3.05) is 11.9 Å². The molecular weight excluding hydrogens is 312 g/mol. The lowest BCUT2D eigenvalue weighted by Gasteiger charge is -2.23. The summed E-state index contributed by atoms with van der Waals surface area (Å²) in [6, 6.07) is 6.34. The van der Waals surface area contributed by atoms with Crippen molar-refractivity contribution in [2.24, 2.45) is 0 Å². The Kier molecular flexibility index (Phi) is 4.48. The van der Waals surface area contributed by atoms with E-state index in [0.29, 0.717) is 0 Å². The lowest BCUT2D eigenvalue weighted by atomic mass is 9.94. The van der Waals surface area contributed by atoms with Crippen LogP contribution in [-0.2, 0) is 6.54 Å². The molecule has 0 saturated heterocycles. The molecule has 1 aromatic carbocycles. The van der Waals surface area contributed by atoms with E-state index in [1.165, 1.54) is 27.8 Å². The third kappa shape index (κ3) is 3.04. The predicted molar refractivity (Wildman–Crippen MR) is 89.4 cm³/mol. The van der Waals surface area contributed by atoms with E-state index in [1.807, 2.05) is 18.3 Å². The van der Waals surface area contributed by atoms with Crippen molar-refractivity contribution >= 4 is 21.7 Å². The van der Waals surface area contributed by atoms with Crippen LogP contribution in [0.25, 0.3) is 0 Å². The molecule has 2 nitrogen and oxygen atoms in total. The summed E-state index contributed by atoms with van der Waals surface area (Å²) in [4.78, 5) is 6.65. The second-order valence-electron chi connectivity index (χ2n) is 5.43. The Morgan fingerprint density at radius 2 is 1.65 bits per heavy atom. The van der Waals surface area contributed by atoms with Crippen molar-refractivity contribution in [1.82, 2.24) is 4.98 Å². The number of benzene rings is 1. The second kappa shape index (κ2) is 5.96. The molecule has 0 unspecified atom stereocenters. The Bertz CT molecular complexity index is 592. The molecule has 0 N–H and O–H groups in total. The van der Waals surface area contributed by atoms with E-state index in [9.17, 15) is 0 Å². The summed E-state index contributed by atoms with van der Waals surface area (Å²) >= 11 is 3.42. The number of anilines is 1. The van der Waals surface area contributed by atoms with Gasteiger partial charge in [-0.15, -0.1) is 0 Å². The SMILES string of the molecule is Cc1cc(C)c(C)c(CN(C)c2ccc(Br)cn2)c1C. The molecule has 1 heterocycles. The highest BCUT2D eigenvalue weighted by molar-refractivity contribution is 9.10. The summed E-state index contributed by atoms with van der Waals surface area (Å²) in [5.41, 5.74) is 6.91. The van der Waals surface area contributed by atoms with Crippen molar-refractivity contribution < 1.29 is 0 Å². The molecule has 0 aliphatic carbocycles. The van der Waals surface area contributed by atoms with E-state index in [4.69, 9.17) is 0 Å². The number of aryl methyl sites for hydroxylation is 2. The molecule has 0 radical (unpaired) electrons. The highest BCUT2D eigenvalue weighted by atomic mass is 79.9. The maximum Gasteiger partial charge on any atom is 0.128 e. The molecule has 2 rings (SSSR count). The van der Waals surface area contributed by atoms with Crippen LogP contribution in [0.2, 0.25) is 0 Å². The summed E-state index contributed by atoms with van der Waals surface area (Å²) in [7, 11) is 2.09. The van der Waals surface area contributed by atoms with Gasteiger partial charge in [0, 0.05) is 24.3 Å². The zero-order valence-electron chi connectivity index (χ0n) is 12.8. The predicted octanol–water partition coefficient (Wildman–Crippen LogP) is 4.71. The first-order chi connectivity index (χ1) is 9.40. The van der Waals surface area contributed by atoms with Gasteiger partial charge >= 0.3 is 0 Å². The summed E-state index contributed by atoms with van der Waals surface area (Å²) in [5, 5.41) is 0. The lowest BCUT2D eigenvalue weighted by molar-refractivity contribution is 0.877. The summed E-state index contributed by atoms with van der Waals surface area (Å²) in [6.45, 7) is 9.67. The van der Waals surface area contributed by atoms with Crippen molar-refractivity contribution in [2.45, 2.75) is 34.2 Å². The fourth-order valence-electron chi connectivity index (χ4n) is 2.45. The van der Waals surface area contributed by atoms with Gasteiger partial charge in [-0.25, -0.2) is 4.98 Å². The molecule has 0 spiro atoms. The number of rotatable bonds is 3. The molecule has 0 bridgehead atoms. The van der Waals surface area contributed by atoms with E-state index in [2.05, 4.69) is 66.6 Å². The minimum absolute atomic E-state index is 0.884. The Morgan fingerprint density at radius 1 is 1.05 bits per heavy atom. The van der Waals surface area contributed by atoms with Gasteiger partial charge < -0.3 is 4.90 Å². The van der Waals surface area contributed by atoms with Crippen LogP contribution in [0, 0.1) is 27.7 Å². The van der Waals surface area contributed by atoms with Crippen LogP contribution in [0.15, 0.2) is 28.9 Å². The van der Waals surface area contributed by atoms with Crippen LogP contribution in [0.1, 0.15) is 27.8 Å². The summed E-state index contributed by atoms with van der Waals surface area (Å²) in [6.07, 6.45) is 1.84. The van der Waals surface area contributed by atoms with Gasteiger partial charge in [-0.2, -0.15) is 0 Å². The first kappa shape index (κ1) is 15.0. The molecule has 0 amide bonds. The van der Waals surface area contributed by atoms with Crippen LogP contribution < -0.4 is 4.90 Å². The van der Waals surface area contributed by atoms with Gasteiger partial charge in [0.05, 0.1) is 0 Å². The standard InChI is InChI=1S/C17H21BrN2/c1-11-8-12(2)14(4)16(13(11)3)10-20(5)17-7-6-15(18)9-19-17/h6-9H,10H2,1-5H3. The van der Waals surface area contributed by atoms with Gasteiger partial charge in [0.25, 0.3) is 0 Å². The van der Waals surface area contributed by atoms with Crippen LogP contribution in [-0.4, -0.2) is 12.0 Å². The van der Waals surface area contributed by atoms with Gasteiger partial charge in [-0.05, 0) is 83.6 Å². The van der Waals surface area contributed by atoms with E-state index in [1.54, 1.807) is 0 Å². The van der Waals surface area contributed by atoms with E-state index >= 15 is 0 Å². The largest absolute Gasteiger partial charge is 0.355 e. The molecule has 0 fully saturated rings. The van der Waals surface area contributed by atoms with Gasteiger partial charge in [-0.3, -0.25) is 0 Å². The third-order valence-electron chi connectivity index (χ3n) is 4.02. The molecule has 0 saturated carbocycles. The van der Waals surface area contributed by atoms with E-state index in [0.717, 1.165) is 16.8 Å². The highest BCUT2D eigenvalue weighted by Crippen LogP contribution is 2.24. The van der Waals surface area contributed by atoms with Gasteiger partial charge in [0.1, 0.15) is 5.82 Å². The Morgan fingerprint density at radius 3 is 2.15 bits per heavy atom. The maximum absolute atomic E-state index is 4.46. The van der Waals surface area contributed by atoms with Crippen LogP contribution >= 0.6 is 15.9 Å². The number of hydrogen-bond donors (Lipinski definition) is 0. The smallest absolute Gasteiger partial charge is 0.128 e. The topological polar surface area (TPSA) is 16.1 Å². The first-order valence-corrected chi connectivity index (χ1v) is 7.58. The van der Waals surface area contributed by atoms with Gasteiger partial charge in [0.15, 0.2) is 0 Å². The van der Waals surface area contributed by atoms with Gasteiger partial charge in [-0.1, -0.05) is 6.07 Å². The molecule has 2 aromatic rings. The molecule has 0 aliphatic rings.